The van der Waals surface area contributed by atoms with Crippen molar-refractivity contribution in [3.63, 3.8) is 0 Å². The number of nitrogens with two attached hydrogens (primary N) is 2. The highest BCUT2D eigenvalue weighted by molar-refractivity contribution is 9.09. The second-order valence-electron chi connectivity index (χ2n) is 13.9. The van der Waals surface area contributed by atoms with Gasteiger partial charge in [0.05, 0.1) is 22.0 Å². The molecule has 4 rings (SSSR count). The summed E-state index contributed by atoms with van der Waals surface area (Å²) in [6.07, 6.45) is -4.80. The van der Waals surface area contributed by atoms with Gasteiger partial charge in [-0.15, -0.1) is 0 Å². The molecule has 2 aliphatic rings. The molecule has 2 aromatic rings. The number of anilines is 2. The first-order valence-electron chi connectivity index (χ1n) is 17.4. The number of ether oxygens (including phenoxy) is 8. The third kappa shape index (κ3) is 12.5. The van der Waals surface area contributed by atoms with Crippen LogP contribution in [0.1, 0.15) is 67.8 Å². The minimum absolute atomic E-state index is 0.340. The van der Waals surface area contributed by atoms with E-state index in [0.717, 1.165) is 49.2 Å². The first-order valence-corrected chi connectivity index (χ1v) is 19.2. The van der Waals surface area contributed by atoms with Gasteiger partial charge in [-0.05, 0) is 27.7 Å². The van der Waals surface area contributed by atoms with Crippen molar-refractivity contribution in [1.29, 1.82) is 0 Å². The Morgan fingerprint density at radius 2 is 1.05 bits per heavy atom. The van der Waals surface area contributed by atoms with E-state index in [4.69, 9.17) is 49.4 Å². The normalized spacial score (nSPS) is 23.7. The fourth-order valence-electron chi connectivity index (χ4n) is 5.50. The van der Waals surface area contributed by atoms with Gasteiger partial charge >= 0.3 is 47.2 Å². The van der Waals surface area contributed by atoms with Crippen LogP contribution in [0.3, 0.4) is 0 Å². The van der Waals surface area contributed by atoms with Gasteiger partial charge in [-0.25, -0.2) is 28.0 Å². The van der Waals surface area contributed by atoms with E-state index in [-0.39, 0.29) is 6.61 Å². The van der Waals surface area contributed by atoms with Crippen molar-refractivity contribution >= 4 is 79.3 Å². The second-order valence-corrected chi connectivity index (χ2v) is 16.0. The molecular weight excluding hydrogens is 946 g/mol. The lowest BCUT2D eigenvalue weighted by molar-refractivity contribution is -0.181. The van der Waals surface area contributed by atoms with Gasteiger partial charge in [0.1, 0.15) is 31.5 Å². The van der Waals surface area contributed by atoms with E-state index in [1.807, 2.05) is 0 Å². The number of aromatic nitrogens is 4. The Kier molecular flexibility index (Phi) is 16.4. The topological polar surface area (TPSA) is 298 Å². The first kappa shape index (κ1) is 49.3. The molecule has 22 nitrogen and oxygen atoms in total. The van der Waals surface area contributed by atoms with Crippen LogP contribution in [0.25, 0.3) is 0 Å². The van der Waals surface area contributed by atoms with Crippen molar-refractivity contribution in [2.45, 2.75) is 113 Å². The highest BCUT2D eigenvalue weighted by Gasteiger charge is 2.49. The van der Waals surface area contributed by atoms with Crippen molar-refractivity contribution in [3.8, 4) is 0 Å². The Morgan fingerprint density at radius 1 is 0.667 bits per heavy atom. The van der Waals surface area contributed by atoms with Crippen LogP contribution in [0.2, 0.25) is 0 Å². The highest BCUT2D eigenvalue weighted by Crippen LogP contribution is 2.38. The summed E-state index contributed by atoms with van der Waals surface area (Å²) in [5.41, 5.74) is 5.65. The van der Waals surface area contributed by atoms with Crippen LogP contribution in [-0.4, -0.2) is 113 Å². The van der Waals surface area contributed by atoms with Gasteiger partial charge in [0, 0.05) is 27.7 Å². The molecule has 2 aromatic heterocycles. The number of carbonyl (C=O) groups is 6. The lowest BCUT2D eigenvalue weighted by atomic mass is 10.1. The van der Waals surface area contributed by atoms with Gasteiger partial charge in [0.15, 0.2) is 41.8 Å². The van der Waals surface area contributed by atoms with Crippen LogP contribution >= 0.6 is 31.9 Å². The summed E-state index contributed by atoms with van der Waals surface area (Å²) < 4.78 is 71.3. The average Bonchev–Trinajstić information content (AvgIpc) is 3.58. The summed E-state index contributed by atoms with van der Waals surface area (Å²) in [6.45, 7) is 9.25. The number of hydrogen-bond donors (Lipinski definition) is 2. The van der Waals surface area contributed by atoms with Crippen molar-refractivity contribution in [1.82, 2.24) is 19.1 Å². The SMILES string of the molecule is CC(=O)O[C@@H]1C(Br)C(COC(=O)C(C)(C)OC(C)=O)OC1n1cc(F)c(N)nc1=O.CC(=O)O[C@@H]1C(COC(=O)C(C)(C)OC(C)=O)OC(n2cc(F)c(N)nc2=O)C1Br. The summed E-state index contributed by atoms with van der Waals surface area (Å²) in [4.78, 5) is 99.2. The Balaban J connectivity index is 0.000000320. The van der Waals surface area contributed by atoms with E-state index in [0.29, 0.717) is 0 Å². The third-order valence-corrected chi connectivity index (χ3v) is 10.2. The van der Waals surface area contributed by atoms with Gasteiger partial charge in [0.25, 0.3) is 0 Å². The fraction of sp³-hybridized carbons (Fsp3) is 0.588. The fourth-order valence-corrected chi connectivity index (χ4v) is 6.97. The number of halogens is 4. The molecule has 2 fully saturated rings. The van der Waals surface area contributed by atoms with Crippen molar-refractivity contribution in [2.24, 2.45) is 0 Å². The van der Waals surface area contributed by atoms with Crippen LogP contribution in [0.15, 0.2) is 22.0 Å². The molecule has 332 valence electrons. The van der Waals surface area contributed by atoms with Crippen LogP contribution in [-0.2, 0) is 66.7 Å². The standard InChI is InChI=1S/2C17H21BrFN3O8/c1-7(23)28-12-10(6-27-15(25)17(3,4)30-8(2)24)29-14(11(12)18)22-5-9(19)13(20)21-16(22)26;1-7(23)28-12-11(18)10(6-27-15(25)17(3,4)30-8(2)24)29-14(12)22-5-9(19)13(20)21-16(22)26/h2*5,10-12,14H,6H2,1-4H3,(H2,20,21,26)/t2*10?,11?,12-,14?/m11/s1. The van der Waals surface area contributed by atoms with Gasteiger partial charge in [-0.3, -0.25) is 28.3 Å². The number of rotatable bonds is 12. The molecule has 4 N–H and O–H groups in total. The largest absolute Gasteiger partial charge is 0.460 e. The number of esters is 6. The van der Waals surface area contributed by atoms with E-state index in [1.54, 1.807) is 0 Å². The molecule has 0 amide bonds. The van der Waals surface area contributed by atoms with Crippen molar-refractivity contribution < 1.29 is 75.4 Å². The van der Waals surface area contributed by atoms with Crippen molar-refractivity contribution in [3.05, 3.63) is 45.0 Å². The minimum atomic E-state index is -1.56. The van der Waals surface area contributed by atoms with Crippen LogP contribution < -0.4 is 22.8 Å². The predicted octanol–water partition coefficient (Wildman–Crippen LogP) is 0.884. The molecule has 6 unspecified atom stereocenters. The zero-order valence-electron chi connectivity index (χ0n) is 33.2. The summed E-state index contributed by atoms with van der Waals surface area (Å²) >= 11 is 6.58. The lowest BCUT2D eigenvalue weighted by Crippen LogP contribution is -2.41. The summed E-state index contributed by atoms with van der Waals surface area (Å²) in [5, 5.41) is 0. The number of nitrogen functional groups attached to an aromatic ring is 2. The Bertz CT molecular complexity index is 2100. The Labute approximate surface area is 355 Å². The second kappa shape index (κ2) is 20.0. The highest BCUT2D eigenvalue weighted by atomic mass is 79.9. The average molecular weight is 989 g/mol. The zero-order chi connectivity index (χ0) is 45.6. The molecule has 26 heteroatoms. The summed E-state index contributed by atoms with van der Waals surface area (Å²) in [6, 6.07) is 0. The van der Waals surface area contributed by atoms with Gasteiger partial charge in [-0.1, -0.05) is 31.9 Å². The molecule has 0 radical (unpaired) electrons. The van der Waals surface area contributed by atoms with Crippen LogP contribution in [0.4, 0.5) is 20.4 Å². The number of carbonyl (C=O) groups excluding carboxylic acids is 6. The first-order chi connectivity index (χ1) is 27.7. The van der Waals surface area contributed by atoms with Crippen LogP contribution in [0, 0.1) is 11.6 Å². The molecule has 2 aliphatic heterocycles. The molecule has 8 atom stereocenters. The van der Waals surface area contributed by atoms with Crippen LogP contribution in [0.5, 0.6) is 0 Å². The quantitative estimate of drug-likeness (QED) is 0.169. The Morgan fingerprint density at radius 3 is 1.47 bits per heavy atom. The van der Waals surface area contributed by atoms with Gasteiger partial charge in [0.2, 0.25) is 11.2 Å². The van der Waals surface area contributed by atoms with E-state index < -0.39 is 135 Å². The summed E-state index contributed by atoms with van der Waals surface area (Å²) in [7, 11) is 0. The predicted molar refractivity (Wildman–Crippen MR) is 204 cm³/mol. The van der Waals surface area contributed by atoms with Gasteiger partial charge < -0.3 is 49.4 Å². The molecule has 0 aromatic carbocycles. The third-order valence-electron chi connectivity index (χ3n) is 8.09. The maximum atomic E-state index is 13.9. The maximum absolute atomic E-state index is 13.9. The number of nitrogens with zero attached hydrogens (tertiary/aromatic N) is 4. The smallest absolute Gasteiger partial charge is 0.351 e. The molecular formula is C34H42Br2F2N6O16. The molecule has 2 saturated heterocycles. The molecule has 60 heavy (non-hydrogen) atoms. The van der Waals surface area contributed by atoms with Gasteiger partial charge in [-0.2, -0.15) is 9.97 Å². The maximum Gasteiger partial charge on any atom is 0.351 e. The lowest BCUT2D eigenvalue weighted by Gasteiger charge is -2.24. The molecule has 0 saturated carbocycles. The monoisotopic (exact) mass is 986 g/mol. The van der Waals surface area contributed by atoms with E-state index in [1.165, 1.54) is 27.7 Å². The zero-order valence-corrected chi connectivity index (χ0v) is 36.3. The number of hydrogen-bond acceptors (Lipinski definition) is 20. The Hall–Kier alpha value is -5.08. The van der Waals surface area contributed by atoms with Crippen molar-refractivity contribution in [2.75, 3.05) is 24.7 Å². The van der Waals surface area contributed by atoms with E-state index >= 15 is 0 Å². The summed E-state index contributed by atoms with van der Waals surface area (Å²) in [5.74, 6) is -7.46. The minimum Gasteiger partial charge on any atom is -0.460 e. The van der Waals surface area contributed by atoms with E-state index in [2.05, 4.69) is 41.8 Å². The molecule has 0 bridgehead atoms. The molecule has 0 spiro atoms. The van der Waals surface area contributed by atoms with E-state index in [9.17, 15) is 47.1 Å². The molecule has 0 aliphatic carbocycles. The number of alkyl halides is 2. The molecule has 4 heterocycles.